The molecule has 0 bridgehead atoms. The van der Waals surface area contributed by atoms with Crippen molar-refractivity contribution in [2.75, 3.05) is 32.7 Å². The number of Topliss-reactive ketones (excluding diaryl/α,β-unsaturated/α-hetero) is 2. The number of halogens is 3. The average molecular weight is 771 g/mol. The van der Waals surface area contributed by atoms with E-state index >= 15 is 0 Å². The highest BCUT2D eigenvalue weighted by Gasteiger charge is 2.26. The van der Waals surface area contributed by atoms with E-state index in [1.807, 2.05) is 34.6 Å². The van der Waals surface area contributed by atoms with Crippen molar-refractivity contribution >= 4 is 46.7 Å². The number of alkyl halides is 3. The van der Waals surface area contributed by atoms with E-state index in [1.165, 1.54) is 6.07 Å². The number of H-pyrrole nitrogens is 1. The third-order valence-corrected chi connectivity index (χ3v) is 7.87. The molecular weight excluding hydrogens is 721 g/mol. The maximum absolute atomic E-state index is 12.3. The number of rotatable bonds is 5. The van der Waals surface area contributed by atoms with Crippen molar-refractivity contribution < 1.29 is 51.1 Å². The van der Waals surface area contributed by atoms with Gasteiger partial charge in [0.25, 0.3) is 5.56 Å². The Morgan fingerprint density at radius 2 is 1.57 bits per heavy atom. The fourth-order valence-corrected chi connectivity index (χ4v) is 5.15. The molecule has 1 saturated carbocycles. The van der Waals surface area contributed by atoms with E-state index in [0.717, 1.165) is 31.6 Å². The van der Waals surface area contributed by atoms with Gasteiger partial charge in [0.15, 0.2) is 0 Å². The molecular formula is C35H49F3N6O10. The predicted octanol–water partition coefficient (Wildman–Crippen LogP) is 3.77. The molecule has 2 aliphatic heterocycles. The Morgan fingerprint density at radius 3 is 2.06 bits per heavy atom. The number of aromatic nitrogens is 2. The van der Waals surface area contributed by atoms with Crippen LogP contribution in [-0.2, 0) is 30.3 Å². The maximum Gasteiger partial charge on any atom is 0.446 e. The first-order valence-electron chi connectivity index (χ1n) is 17.7. The van der Waals surface area contributed by atoms with Gasteiger partial charge in [0.05, 0.1) is 5.71 Å². The number of aromatic amines is 1. The molecule has 3 fully saturated rings. The first kappa shape index (κ1) is 45.2. The molecule has 0 spiro atoms. The van der Waals surface area contributed by atoms with Gasteiger partial charge in [0.2, 0.25) is 17.9 Å². The fraction of sp³-hybridized carbons (Fsp3) is 0.629. The van der Waals surface area contributed by atoms with E-state index in [4.69, 9.17) is 18.8 Å². The van der Waals surface area contributed by atoms with Crippen LogP contribution in [0, 0.1) is 5.92 Å². The number of hydrogen-bond donors (Lipinski definition) is 3. The van der Waals surface area contributed by atoms with Crippen LogP contribution >= 0.6 is 0 Å². The first-order valence-corrected chi connectivity index (χ1v) is 17.7. The molecule has 2 saturated heterocycles. The largest absolute Gasteiger partial charge is 0.446 e. The highest BCUT2D eigenvalue weighted by Crippen LogP contribution is 2.23. The number of ketones is 2. The molecule has 3 N–H and O–H groups in total. The van der Waals surface area contributed by atoms with Crippen LogP contribution in [0.5, 0.6) is 6.01 Å². The van der Waals surface area contributed by atoms with E-state index in [0.29, 0.717) is 75.9 Å². The van der Waals surface area contributed by atoms with E-state index in [-0.39, 0.29) is 40.8 Å². The number of nitrogens with one attached hydrogen (secondary N) is 3. The van der Waals surface area contributed by atoms with Gasteiger partial charge in [-0.3, -0.25) is 29.0 Å². The Balaban J connectivity index is 0.000000307. The lowest BCUT2D eigenvalue weighted by Crippen LogP contribution is -2.41. The number of fused-ring (bicyclic) bond motifs is 1. The summed E-state index contributed by atoms with van der Waals surface area (Å²) in [5.74, 6) is 0.688. The Bertz CT molecular complexity index is 1720. The molecule has 16 nitrogen and oxygen atoms in total. The quantitative estimate of drug-likeness (QED) is 0.292. The number of oxime groups is 1. The number of piperidine rings is 2. The normalized spacial score (nSPS) is 17.4. The molecule has 4 heterocycles. The summed E-state index contributed by atoms with van der Waals surface area (Å²) < 4.78 is 41.5. The predicted molar refractivity (Wildman–Crippen MR) is 190 cm³/mol. The lowest BCUT2D eigenvalue weighted by Gasteiger charge is -2.29. The number of carbonyl (C=O) groups excluding carboxylic acids is 5. The third-order valence-electron chi connectivity index (χ3n) is 7.87. The minimum Gasteiger partial charge on any atom is -0.444 e. The Hall–Kier alpha value is -4.94. The van der Waals surface area contributed by atoms with E-state index in [9.17, 15) is 41.9 Å². The molecule has 0 unspecified atom stereocenters. The van der Waals surface area contributed by atoms with Crippen LogP contribution in [0.2, 0.25) is 0 Å². The van der Waals surface area contributed by atoms with E-state index < -0.39 is 29.2 Å². The number of ether oxygens (including phenoxy) is 1. The zero-order valence-corrected chi connectivity index (χ0v) is 31.2. The number of hydrogen-bond acceptors (Lipinski definition) is 13. The number of likely N-dealkylation sites (tertiary alicyclic amines) is 1. The van der Waals surface area contributed by atoms with Gasteiger partial charge in [-0.15, -0.1) is 0 Å². The van der Waals surface area contributed by atoms with Crippen LogP contribution in [-0.4, -0.2) is 94.9 Å². The molecule has 0 radical (unpaired) electrons. The number of nitrogens with zero attached hydrogens (tertiary/aromatic N) is 3. The van der Waals surface area contributed by atoms with E-state index in [1.54, 1.807) is 4.90 Å². The maximum atomic E-state index is 12.3. The standard InChI is InChI=1S/C18H22N4O5.C10H17NO3.C5H9NO.C2HF3O/c1-3-10-9-13(23)26-17-14(10)16(25)20-18(21-17)27-22-12-7-5-11(6-8-12)15(24)19-4-2;1-10(2,3)14-9(13)11-6-4-8(12)5-7-11;7-5-1-3-6-4-2-5;3-2(4,5)1-6/h9,11H,3-8H2,1-2H3,(H,19,24)(H,20,21,25);4-7H2,1-3H3;6H,1-4H2;1H. The van der Waals surface area contributed by atoms with Gasteiger partial charge >= 0.3 is 23.9 Å². The second-order valence-corrected chi connectivity index (χ2v) is 13.4. The van der Waals surface area contributed by atoms with Gasteiger partial charge < -0.3 is 29.5 Å². The zero-order valence-electron chi connectivity index (χ0n) is 31.2. The minimum absolute atomic E-state index is 0.00996. The van der Waals surface area contributed by atoms with Crippen LogP contribution in [0.25, 0.3) is 11.1 Å². The van der Waals surface area contributed by atoms with Gasteiger partial charge in [-0.25, -0.2) is 9.59 Å². The molecule has 0 aromatic carbocycles. The summed E-state index contributed by atoms with van der Waals surface area (Å²) in [6, 6.07) is 1.15. The molecule has 19 heteroatoms. The number of aldehydes is 1. The van der Waals surface area contributed by atoms with Crippen molar-refractivity contribution in [2.45, 2.75) is 104 Å². The van der Waals surface area contributed by atoms with Crippen LogP contribution in [0.15, 0.2) is 25.2 Å². The summed E-state index contributed by atoms with van der Waals surface area (Å²) in [6.45, 7) is 12.6. The third kappa shape index (κ3) is 16.8. The highest BCUT2D eigenvalue weighted by molar-refractivity contribution is 5.88. The monoisotopic (exact) mass is 770 g/mol. The van der Waals surface area contributed by atoms with Crippen molar-refractivity contribution in [1.29, 1.82) is 0 Å². The van der Waals surface area contributed by atoms with Crippen molar-refractivity contribution in [3.05, 3.63) is 32.4 Å². The Labute approximate surface area is 309 Å². The Kier molecular flexibility index (Phi) is 18.2. The van der Waals surface area contributed by atoms with E-state index in [2.05, 4.69) is 25.8 Å². The average Bonchev–Trinajstić information content (AvgIpc) is 3.11. The molecule has 0 atom stereocenters. The minimum atomic E-state index is -4.64. The smallest absolute Gasteiger partial charge is 0.444 e. The van der Waals surface area contributed by atoms with Crippen molar-refractivity contribution in [2.24, 2.45) is 11.1 Å². The highest BCUT2D eigenvalue weighted by atomic mass is 19.4. The van der Waals surface area contributed by atoms with Crippen molar-refractivity contribution in [1.82, 2.24) is 25.5 Å². The molecule has 1 aliphatic carbocycles. The lowest BCUT2D eigenvalue weighted by atomic mass is 9.87. The van der Waals surface area contributed by atoms with Crippen LogP contribution in [0.1, 0.15) is 91.5 Å². The first-order chi connectivity index (χ1) is 25.3. The molecule has 5 rings (SSSR count). The summed E-state index contributed by atoms with van der Waals surface area (Å²) in [4.78, 5) is 90.7. The fourth-order valence-electron chi connectivity index (χ4n) is 5.15. The molecule has 300 valence electrons. The number of amides is 2. The second-order valence-electron chi connectivity index (χ2n) is 13.4. The van der Waals surface area contributed by atoms with Gasteiger partial charge in [-0.05, 0) is 65.4 Å². The summed E-state index contributed by atoms with van der Waals surface area (Å²) in [5, 5.41) is 10.2. The van der Waals surface area contributed by atoms with Crippen LogP contribution in [0.3, 0.4) is 0 Å². The molecule has 2 aromatic rings. The summed E-state index contributed by atoms with van der Waals surface area (Å²) in [7, 11) is 0. The number of carbonyl (C=O) groups is 5. The zero-order chi connectivity index (χ0) is 40.5. The summed E-state index contributed by atoms with van der Waals surface area (Å²) in [5.41, 5.74) is -0.190. The number of aryl methyl sites for hydroxylation is 1. The summed E-state index contributed by atoms with van der Waals surface area (Å²) >= 11 is 0. The second kappa shape index (κ2) is 21.7. The molecule has 54 heavy (non-hydrogen) atoms. The topological polar surface area (TPSA) is 219 Å². The molecule has 2 amide bonds. The van der Waals surface area contributed by atoms with Crippen molar-refractivity contribution in [3.63, 3.8) is 0 Å². The van der Waals surface area contributed by atoms with Crippen molar-refractivity contribution in [3.8, 4) is 6.01 Å². The summed E-state index contributed by atoms with van der Waals surface area (Å²) in [6.07, 6.45) is -0.462. The lowest BCUT2D eigenvalue weighted by molar-refractivity contribution is -0.156. The Morgan fingerprint density at radius 1 is 1.00 bits per heavy atom. The van der Waals surface area contributed by atoms with Crippen LogP contribution < -0.4 is 26.7 Å². The van der Waals surface area contributed by atoms with Gasteiger partial charge in [0.1, 0.15) is 22.6 Å². The van der Waals surface area contributed by atoms with Gasteiger partial charge in [0, 0.05) is 70.4 Å². The molecule has 2 aromatic heterocycles. The van der Waals surface area contributed by atoms with Gasteiger partial charge in [-0.2, -0.15) is 18.2 Å². The van der Waals surface area contributed by atoms with Gasteiger partial charge in [-0.1, -0.05) is 12.1 Å². The molecule has 3 aliphatic rings. The SMILES string of the molecule is CC(C)(C)OC(=O)N1CCC(=O)CC1.CCNC(=O)C1CCC(=NOc2nc3oc(=O)cc(CC)c3c(=O)[nH]2)CC1.O=C1CCNCC1.O=CC(F)(F)F. The van der Waals surface area contributed by atoms with Crippen LogP contribution in [0.4, 0.5) is 18.0 Å².